The maximum atomic E-state index is 13.0. The van der Waals surface area contributed by atoms with Crippen molar-refractivity contribution in [3.63, 3.8) is 0 Å². The van der Waals surface area contributed by atoms with Gasteiger partial charge in [0.15, 0.2) is 0 Å². The van der Waals surface area contributed by atoms with Gasteiger partial charge in [0.1, 0.15) is 11.6 Å². The summed E-state index contributed by atoms with van der Waals surface area (Å²) in [4.78, 5) is 12.4. The van der Waals surface area contributed by atoms with Gasteiger partial charge in [0, 0.05) is 17.8 Å². The quantitative estimate of drug-likeness (QED) is 0.491. The van der Waals surface area contributed by atoms with Gasteiger partial charge in [-0.2, -0.15) is 0 Å². The van der Waals surface area contributed by atoms with E-state index in [4.69, 9.17) is 4.74 Å². The van der Waals surface area contributed by atoms with Crippen molar-refractivity contribution < 1.29 is 22.3 Å². The maximum absolute atomic E-state index is 13.0. The van der Waals surface area contributed by atoms with Crippen molar-refractivity contribution >= 4 is 21.6 Å². The van der Waals surface area contributed by atoms with Crippen LogP contribution in [0.2, 0.25) is 0 Å². The molecule has 3 rings (SSSR count). The summed E-state index contributed by atoms with van der Waals surface area (Å²) in [5, 5.41) is 2.81. The summed E-state index contributed by atoms with van der Waals surface area (Å²) in [7, 11) is -2.30. The second-order valence-electron chi connectivity index (χ2n) is 6.85. The fourth-order valence-electron chi connectivity index (χ4n) is 2.96. The molecule has 0 aliphatic rings. The fourth-order valence-corrected chi connectivity index (χ4v) is 4.07. The first-order chi connectivity index (χ1) is 14.9. The largest absolute Gasteiger partial charge is 0.497 e. The van der Waals surface area contributed by atoms with Crippen molar-refractivity contribution in [2.75, 3.05) is 18.4 Å². The minimum atomic E-state index is -3.91. The van der Waals surface area contributed by atoms with Gasteiger partial charge in [-0.3, -0.25) is 9.52 Å². The number of amides is 1. The Kier molecular flexibility index (Phi) is 7.25. The van der Waals surface area contributed by atoms with E-state index in [1.165, 1.54) is 30.3 Å². The van der Waals surface area contributed by atoms with Gasteiger partial charge in [0.05, 0.1) is 12.0 Å². The SMILES string of the molecule is COc1cccc(CCCNC(=O)c2cccc(S(=O)(=O)Nc3ccc(F)cc3)c2)c1. The highest BCUT2D eigenvalue weighted by Gasteiger charge is 2.16. The lowest BCUT2D eigenvalue weighted by molar-refractivity contribution is 0.0953. The van der Waals surface area contributed by atoms with Crippen LogP contribution in [0.5, 0.6) is 5.75 Å². The summed E-state index contributed by atoms with van der Waals surface area (Å²) in [6, 6.07) is 18.5. The first-order valence-corrected chi connectivity index (χ1v) is 11.2. The van der Waals surface area contributed by atoms with Crippen LogP contribution >= 0.6 is 0 Å². The Morgan fingerprint density at radius 2 is 1.74 bits per heavy atom. The molecule has 3 aromatic carbocycles. The monoisotopic (exact) mass is 442 g/mol. The Bertz CT molecular complexity index is 1150. The Morgan fingerprint density at radius 1 is 1.00 bits per heavy atom. The van der Waals surface area contributed by atoms with E-state index in [2.05, 4.69) is 10.0 Å². The molecule has 0 saturated carbocycles. The van der Waals surface area contributed by atoms with E-state index >= 15 is 0 Å². The number of hydrogen-bond donors (Lipinski definition) is 2. The Balaban J connectivity index is 1.58. The third-order valence-corrected chi connectivity index (χ3v) is 5.94. The van der Waals surface area contributed by atoms with Crippen LogP contribution in [0.3, 0.4) is 0 Å². The number of carbonyl (C=O) groups is 1. The topological polar surface area (TPSA) is 84.5 Å². The van der Waals surface area contributed by atoms with Crippen LogP contribution < -0.4 is 14.8 Å². The van der Waals surface area contributed by atoms with Gasteiger partial charge in [-0.1, -0.05) is 18.2 Å². The molecule has 162 valence electrons. The summed E-state index contributed by atoms with van der Waals surface area (Å²) < 4.78 is 45.8. The van der Waals surface area contributed by atoms with Crippen LogP contribution in [-0.4, -0.2) is 28.0 Å². The first-order valence-electron chi connectivity index (χ1n) is 9.67. The number of aryl methyl sites for hydroxylation is 1. The highest BCUT2D eigenvalue weighted by molar-refractivity contribution is 7.92. The van der Waals surface area contributed by atoms with Crippen LogP contribution in [-0.2, 0) is 16.4 Å². The molecule has 0 aromatic heterocycles. The zero-order valence-corrected chi connectivity index (χ0v) is 17.8. The van der Waals surface area contributed by atoms with Crippen molar-refractivity contribution in [3.8, 4) is 5.75 Å². The molecule has 0 heterocycles. The Morgan fingerprint density at radius 3 is 2.48 bits per heavy atom. The molecule has 3 aromatic rings. The van der Waals surface area contributed by atoms with Crippen molar-refractivity contribution in [2.45, 2.75) is 17.7 Å². The Hall–Kier alpha value is -3.39. The van der Waals surface area contributed by atoms with E-state index in [0.717, 1.165) is 36.3 Å². The smallest absolute Gasteiger partial charge is 0.261 e. The number of rotatable bonds is 9. The van der Waals surface area contributed by atoms with Gasteiger partial charge in [0.2, 0.25) is 0 Å². The highest BCUT2D eigenvalue weighted by Crippen LogP contribution is 2.18. The number of nitrogens with one attached hydrogen (secondary N) is 2. The van der Waals surface area contributed by atoms with Crippen LogP contribution in [0.15, 0.2) is 77.7 Å². The van der Waals surface area contributed by atoms with Gasteiger partial charge in [-0.15, -0.1) is 0 Å². The molecule has 0 aliphatic heterocycles. The molecule has 1 amide bonds. The molecule has 0 spiro atoms. The maximum Gasteiger partial charge on any atom is 0.261 e. The van der Waals surface area contributed by atoms with Crippen LogP contribution in [0.25, 0.3) is 0 Å². The van der Waals surface area contributed by atoms with Crippen LogP contribution in [0.1, 0.15) is 22.3 Å². The van der Waals surface area contributed by atoms with E-state index < -0.39 is 15.8 Å². The van der Waals surface area contributed by atoms with E-state index in [1.807, 2.05) is 24.3 Å². The number of anilines is 1. The summed E-state index contributed by atoms with van der Waals surface area (Å²) in [5.74, 6) is -0.0358. The minimum Gasteiger partial charge on any atom is -0.497 e. The van der Waals surface area contributed by atoms with Gasteiger partial charge in [-0.25, -0.2) is 12.8 Å². The predicted molar refractivity (Wildman–Crippen MR) is 117 cm³/mol. The molecule has 31 heavy (non-hydrogen) atoms. The van der Waals surface area contributed by atoms with Gasteiger partial charge in [0.25, 0.3) is 15.9 Å². The third kappa shape index (κ3) is 6.29. The third-order valence-electron chi connectivity index (χ3n) is 4.56. The normalized spacial score (nSPS) is 11.0. The number of hydrogen-bond acceptors (Lipinski definition) is 4. The summed E-state index contributed by atoms with van der Waals surface area (Å²) in [6.45, 7) is 0.445. The lowest BCUT2D eigenvalue weighted by Gasteiger charge is -2.10. The summed E-state index contributed by atoms with van der Waals surface area (Å²) in [6.07, 6.45) is 1.50. The molecule has 2 N–H and O–H groups in total. The van der Waals surface area contributed by atoms with E-state index in [-0.39, 0.29) is 22.1 Å². The molecular formula is C23H23FN2O4S. The molecule has 8 heteroatoms. The summed E-state index contributed by atoms with van der Waals surface area (Å²) in [5.41, 5.74) is 1.57. The molecule has 0 atom stereocenters. The molecule has 0 saturated heterocycles. The van der Waals surface area contributed by atoms with Gasteiger partial charge in [-0.05, 0) is 73.0 Å². The van der Waals surface area contributed by atoms with E-state index in [9.17, 15) is 17.6 Å². The number of halogens is 1. The highest BCUT2D eigenvalue weighted by atomic mass is 32.2. The number of methoxy groups -OCH3 is 1. The van der Waals surface area contributed by atoms with Crippen LogP contribution in [0.4, 0.5) is 10.1 Å². The first kappa shape index (κ1) is 22.3. The van der Waals surface area contributed by atoms with Gasteiger partial charge < -0.3 is 10.1 Å². The molecular weight excluding hydrogens is 419 g/mol. The fraction of sp³-hybridized carbons (Fsp3) is 0.174. The Labute approximate surface area is 181 Å². The zero-order valence-electron chi connectivity index (χ0n) is 17.0. The molecule has 0 radical (unpaired) electrons. The average Bonchev–Trinajstić information content (AvgIpc) is 2.78. The van der Waals surface area contributed by atoms with Crippen molar-refractivity contribution in [1.29, 1.82) is 0 Å². The summed E-state index contributed by atoms with van der Waals surface area (Å²) >= 11 is 0. The average molecular weight is 443 g/mol. The zero-order chi connectivity index (χ0) is 22.3. The van der Waals surface area contributed by atoms with Gasteiger partial charge >= 0.3 is 0 Å². The van der Waals surface area contributed by atoms with Crippen molar-refractivity contribution in [2.24, 2.45) is 0 Å². The molecule has 0 bridgehead atoms. The van der Waals surface area contributed by atoms with Crippen molar-refractivity contribution in [3.05, 3.63) is 89.7 Å². The van der Waals surface area contributed by atoms with E-state index in [1.54, 1.807) is 13.2 Å². The van der Waals surface area contributed by atoms with Crippen LogP contribution in [0, 0.1) is 5.82 Å². The lowest BCUT2D eigenvalue weighted by Crippen LogP contribution is -2.25. The molecule has 0 aliphatic carbocycles. The molecule has 0 fully saturated rings. The predicted octanol–water partition coefficient (Wildman–Crippen LogP) is 4.00. The second kappa shape index (κ2) is 10.1. The van der Waals surface area contributed by atoms with Crippen molar-refractivity contribution in [1.82, 2.24) is 5.32 Å². The number of benzene rings is 3. The standard InChI is InChI=1S/C23H23FN2O4S/c1-30-21-8-2-5-17(15-21)6-4-14-25-23(27)18-7-3-9-22(16-18)31(28,29)26-20-12-10-19(24)11-13-20/h2-3,5,7-13,15-16,26H,4,6,14H2,1H3,(H,25,27). The minimum absolute atomic E-state index is 0.0548. The number of ether oxygens (including phenoxy) is 1. The molecule has 0 unspecified atom stereocenters. The number of carbonyl (C=O) groups excluding carboxylic acids is 1. The number of sulfonamides is 1. The molecule has 6 nitrogen and oxygen atoms in total. The lowest BCUT2D eigenvalue weighted by atomic mass is 10.1. The van der Waals surface area contributed by atoms with E-state index in [0.29, 0.717) is 6.54 Å². The second-order valence-corrected chi connectivity index (χ2v) is 8.53.